The van der Waals surface area contributed by atoms with E-state index in [0.29, 0.717) is 42.6 Å². The van der Waals surface area contributed by atoms with E-state index in [9.17, 15) is 19.7 Å². The third kappa shape index (κ3) is 5.68. The number of carbonyl (C=O) groups excluding carboxylic acids is 2. The lowest BCUT2D eigenvalue weighted by molar-refractivity contribution is -0.384. The Labute approximate surface area is 232 Å². The van der Waals surface area contributed by atoms with E-state index in [1.54, 1.807) is 24.3 Å². The molecule has 0 atom stereocenters. The first-order valence-corrected chi connectivity index (χ1v) is 13.4. The van der Waals surface area contributed by atoms with Crippen LogP contribution in [-0.2, 0) is 0 Å². The zero-order valence-electron chi connectivity index (χ0n) is 21.7. The van der Waals surface area contributed by atoms with Crippen molar-refractivity contribution < 1.29 is 14.5 Å². The molecule has 0 saturated carbocycles. The number of nitro groups is 1. The summed E-state index contributed by atoms with van der Waals surface area (Å²) in [6.45, 7) is 5.91. The van der Waals surface area contributed by atoms with Gasteiger partial charge in [-0.25, -0.2) is 0 Å². The van der Waals surface area contributed by atoms with E-state index in [1.165, 1.54) is 6.07 Å². The van der Waals surface area contributed by atoms with Crippen LogP contribution in [0.4, 0.5) is 22.7 Å². The third-order valence-electron chi connectivity index (χ3n) is 7.37. The minimum Gasteiger partial charge on any atom is -0.367 e. The predicted molar refractivity (Wildman–Crippen MR) is 153 cm³/mol. The lowest BCUT2D eigenvalue weighted by Gasteiger charge is -2.36. The first kappa shape index (κ1) is 26.5. The Morgan fingerprint density at radius 3 is 2.21 bits per heavy atom. The molecule has 0 bridgehead atoms. The van der Waals surface area contributed by atoms with E-state index >= 15 is 0 Å². The molecule has 2 amide bonds. The van der Waals surface area contributed by atoms with Gasteiger partial charge in [0.2, 0.25) is 0 Å². The van der Waals surface area contributed by atoms with Gasteiger partial charge in [0.25, 0.3) is 17.5 Å². The molecule has 5 rings (SSSR count). The summed E-state index contributed by atoms with van der Waals surface area (Å²) in [5.74, 6) is -0.413. The molecule has 1 N–H and O–H groups in total. The van der Waals surface area contributed by atoms with Crippen LogP contribution in [0, 0.1) is 17.0 Å². The molecule has 2 saturated heterocycles. The summed E-state index contributed by atoms with van der Waals surface area (Å²) < 4.78 is 0. The second-order valence-corrected chi connectivity index (χ2v) is 10.3. The number of hydrogen-bond acceptors (Lipinski definition) is 6. The maximum atomic E-state index is 12.9. The number of benzene rings is 3. The monoisotopic (exact) mass is 547 g/mol. The van der Waals surface area contributed by atoms with Crippen molar-refractivity contribution in [2.24, 2.45) is 0 Å². The van der Waals surface area contributed by atoms with Gasteiger partial charge in [0, 0.05) is 62.1 Å². The fourth-order valence-electron chi connectivity index (χ4n) is 5.21. The Morgan fingerprint density at radius 1 is 0.872 bits per heavy atom. The molecule has 202 valence electrons. The topological polar surface area (TPSA) is 99.0 Å². The Balaban J connectivity index is 1.23. The van der Waals surface area contributed by atoms with Crippen LogP contribution in [0.2, 0.25) is 5.02 Å². The van der Waals surface area contributed by atoms with Crippen LogP contribution < -0.4 is 15.1 Å². The summed E-state index contributed by atoms with van der Waals surface area (Å²) in [6.07, 6.45) is 1.99. The number of hydrogen-bond donors (Lipinski definition) is 1. The van der Waals surface area contributed by atoms with Gasteiger partial charge in [-0.3, -0.25) is 19.7 Å². The number of nitro benzene ring substituents is 1. The molecule has 10 heteroatoms. The SMILES string of the molecule is Cc1ccccc1C(=O)N1CCN(c2ccc(NC(=O)c3ccc(N4CCCC4)c([N+](=O)[O-])c3)cc2Cl)CC1. The molecule has 0 spiro atoms. The number of nitrogens with zero attached hydrogens (tertiary/aromatic N) is 4. The number of anilines is 3. The molecule has 3 aromatic rings. The highest BCUT2D eigenvalue weighted by molar-refractivity contribution is 6.33. The zero-order valence-corrected chi connectivity index (χ0v) is 22.5. The first-order valence-electron chi connectivity index (χ1n) is 13.1. The number of nitrogens with one attached hydrogen (secondary N) is 1. The molecular weight excluding hydrogens is 518 g/mol. The van der Waals surface area contributed by atoms with Crippen molar-refractivity contribution in [2.45, 2.75) is 19.8 Å². The molecule has 0 unspecified atom stereocenters. The van der Waals surface area contributed by atoms with Crippen LogP contribution in [0.15, 0.2) is 60.7 Å². The van der Waals surface area contributed by atoms with Crippen LogP contribution >= 0.6 is 11.6 Å². The quantitative estimate of drug-likeness (QED) is 0.329. The molecular formula is C29H30ClN5O4. The van der Waals surface area contributed by atoms with Crippen LogP contribution in [0.25, 0.3) is 0 Å². The van der Waals surface area contributed by atoms with Crippen LogP contribution in [0.3, 0.4) is 0 Å². The second-order valence-electron chi connectivity index (χ2n) is 9.87. The highest BCUT2D eigenvalue weighted by Crippen LogP contribution is 2.33. The number of carbonyl (C=O) groups is 2. The van der Waals surface area contributed by atoms with Gasteiger partial charge in [-0.2, -0.15) is 0 Å². The van der Waals surface area contributed by atoms with Crippen molar-refractivity contribution in [1.82, 2.24) is 4.90 Å². The molecule has 2 fully saturated rings. The fraction of sp³-hybridized carbons (Fsp3) is 0.310. The summed E-state index contributed by atoms with van der Waals surface area (Å²) in [6, 6.07) is 17.5. The summed E-state index contributed by atoms with van der Waals surface area (Å²) in [7, 11) is 0. The van der Waals surface area contributed by atoms with E-state index < -0.39 is 10.8 Å². The largest absolute Gasteiger partial charge is 0.367 e. The normalized spacial score (nSPS) is 15.4. The smallest absolute Gasteiger partial charge is 0.293 e. The van der Waals surface area contributed by atoms with Crippen molar-refractivity contribution >= 4 is 46.2 Å². The summed E-state index contributed by atoms with van der Waals surface area (Å²) in [5.41, 5.74) is 3.68. The van der Waals surface area contributed by atoms with Crippen molar-refractivity contribution in [1.29, 1.82) is 0 Å². The zero-order chi connectivity index (χ0) is 27.5. The Morgan fingerprint density at radius 2 is 1.54 bits per heavy atom. The van der Waals surface area contributed by atoms with Gasteiger partial charge < -0.3 is 20.0 Å². The average molecular weight is 548 g/mol. The summed E-state index contributed by atoms with van der Waals surface area (Å²) >= 11 is 6.60. The van der Waals surface area contributed by atoms with Gasteiger partial charge in [0.05, 0.1) is 15.6 Å². The molecule has 0 radical (unpaired) electrons. The van der Waals surface area contributed by atoms with Crippen molar-refractivity contribution in [3.63, 3.8) is 0 Å². The minimum absolute atomic E-state index is 0.0330. The molecule has 0 aliphatic carbocycles. The Kier molecular flexibility index (Phi) is 7.70. The molecule has 2 heterocycles. The molecule has 39 heavy (non-hydrogen) atoms. The Hall–Kier alpha value is -4.11. The minimum atomic E-state index is -0.446. The van der Waals surface area contributed by atoms with Crippen LogP contribution in [0.1, 0.15) is 39.1 Å². The highest BCUT2D eigenvalue weighted by atomic mass is 35.5. The fourth-order valence-corrected chi connectivity index (χ4v) is 5.51. The predicted octanol–water partition coefficient (Wildman–Crippen LogP) is 5.37. The van der Waals surface area contributed by atoms with E-state index in [2.05, 4.69) is 10.2 Å². The van der Waals surface area contributed by atoms with Crippen LogP contribution in [-0.4, -0.2) is 60.9 Å². The maximum absolute atomic E-state index is 12.9. The van der Waals surface area contributed by atoms with Gasteiger partial charge in [0.1, 0.15) is 5.69 Å². The van der Waals surface area contributed by atoms with Gasteiger partial charge in [-0.1, -0.05) is 29.8 Å². The molecule has 3 aromatic carbocycles. The summed E-state index contributed by atoms with van der Waals surface area (Å²) in [4.78, 5) is 43.1. The third-order valence-corrected chi connectivity index (χ3v) is 7.67. The average Bonchev–Trinajstić information content (AvgIpc) is 3.48. The van der Waals surface area contributed by atoms with E-state index in [1.807, 2.05) is 47.1 Å². The highest BCUT2D eigenvalue weighted by Gasteiger charge is 2.26. The van der Waals surface area contributed by atoms with Crippen LogP contribution in [0.5, 0.6) is 0 Å². The van der Waals surface area contributed by atoms with Gasteiger partial charge in [-0.15, -0.1) is 0 Å². The van der Waals surface area contributed by atoms with Gasteiger partial charge in [-0.05, 0) is 61.7 Å². The van der Waals surface area contributed by atoms with Crippen molar-refractivity contribution in [2.75, 3.05) is 54.4 Å². The lowest BCUT2D eigenvalue weighted by atomic mass is 10.1. The number of rotatable bonds is 6. The van der Waals surface area contributed by atoms with Crippen molar-refractivity contribution in [3.05, 3.63) is 92.5 Å². The number of piperazine rings is 1. The number of amides is 2. The molecule has 2 aliphatic rings. The Bertz CT molecular complexity index is 1410. The van der Waals surface area contributed by atoms with Gasteiger partial charge >= 0.3 is 0 Å². The van der Waals surface area contributed by atoms with Crippen molar-refractivity contribution in [3.8, 4) is 0 Å². The van der Waals surface area contributed by atoms with E-state index in [0.717, 1.165) is 42.7 Å². The molecule has 0 aromatic heterocycles. The molecule has 2 aliphatic heterocycles. The number of halogens is 1. The number of aryl methyl sites for hydroxylation is 1. The lowest BCUT2D eigenvalue weighted by Crippen LogP contribution is -2.49. The van der Waals surface area contributed by atoms with E-state index in [4.69, 9.17) is 11.6 Å². The second kappa shape index (κ2) is 11.3. The standard InChI is InChI=1S/C29H30ClN5O4/c1-20-6-2-3-7-23(20)29(37)34-16-14-33(15-17-34)25-11-9-22(19-24(25)30)31-28(36)21-8-10-26(27(18-21)35(38)39)32-12-4-5-13-32/h2-3,6-11,18-19H,4-5,12-17H2,1H3,(H,31,36). The molecule has 9 nitrogen and oxygen atoms in total. The first-order chi connectivity index (χ1) is 18.8. The summed E-state index contributed by atoms with van der Waals surface area (Å²) in [5, 5.41) is 15.0. The maximum Gasteiger partial charge on any atom is 0.293 e. The van der Waals surface area contributed by atoms with E-state index in [-0.39, 0.29) is 17.2 Å². The van der Waals surface area contributed by atoms with Gasteiger partial charge in [0.15, 0.2) is 0 Å².